The number of nitrogens with one attached hydrogen (secondary N) is 1. The van der Waals surface area contributed by atoms with Gasteiger partial charge in [-0.15, -0.1) is 0 Å². The maximum absolute atomic E-state index is 12.0. The van der Waals surface area contributed by atoms with Crippen LogP contribution in [0.25, 0.3) is 0 Å². The molecule has 0 aromatic carbocycles. The fraction of sp³-hybridized carbons (Fsp3) is 0.600. The van der Waals surface area contributed by atoms with E-state index in [-0.39, 0.29) is 24.9 Å². The van der Waals surface area contributed by atoms with Crippen LogP contribution in [0.4, 0.5) is 10.9 Å². The van der Waals surface area contributed by atoms with Crippen LogP contribution >= 0.6 is 11.3 Å². The van der Waals surface area contributed by atoms with Gasteiger partial charge >= 0.3 is 0 Å². The number of amides is 1. The van der Waals surface area contributed by atoms with Crippen molar-refractivity contribution in [1.29, 1.82) is 0 Å². The largest absolute Gasteiger partial charge is 0.395 e. The molecule has 102 valence electrons. The van der Waals surface area contributed by atoms with E-state index in [9.17, 15) is 4.79 Å². The maximum Gasteiger partial charge on any atom is 0.267 e. The van der Waals surface area contributed by atoms with Crippen molar-refractivity contribution in [3.05, 3.63) is 4.88 Å². The number of carbonyl (C=O) groups is 1. The van der Waals surface area contributed by atoms with E-state index in [1.807, 2.05) is 0 Å². The van der Waals surface area contributed by atoms with Crippen LogP contribution in [0.15, 0.2) is 0 Å². The van der Waals surface area contributed by atoms with Crippen LogP contribution in [0.2, 0.25) is 0 Å². The summed E-state index contributed by atoms with van der Waals surface area (Å²) >= 11 is 1.20. The molecule has 1 rings (SSSR count). The minimum absolute atomic E-state index is 0.0834. The Morgan fingerprint density at radius 3 is 3.00 bits per heavy atom. The molecule has 18 heavy (non-hydrogen) atoms. The third kappa shape index (κ3) is 3.83. The molecule has 0 bridgehead atoms. The number of hydrogen-bond donors (Lipinski definition) is 3. The van der Waals surface area contributed by atoms with Crippen molar-refractivity contribution in [2.75, 3.05) is 51.5 Å². The summed E-state index contributed by atoms with van der Waals surface area (Å²) in [6.07, 6.45) is 0. The van der Waals surface area contributed by atoms with Gasteiger partial charge in [0.05, 0.1) is 13.2 Å². The normalized spacial score (nSPS) is 10.4. The number of ether oxygens (including phenoxy) is 1. The molecule has 1 aromatic rings. The van der Waals surface area contributed by atoms with E-state index in [2.05, 4.69) is 10.3 Å². The highest BCUT2D eigenvalue weighted by Crippen LogP contribution is 2.25. The Labute approximate surface area is 110 Å². The van der Waals surface area contributed by atoms with E-state index in [4.69, 9.17) is 15.6 Å². The lowest BCUT2D eigenvalue weighted by Gasteiger charge is -2.14. The van der Waals surface area contributed by atoms with Crippen LogP contribution in [-0.4, -0.2) is 61.4 Å². The minimum atomic E-state index is -0.237. The van der Waals surface area contributed by atoms with Crippen molar-refractivity contribution in [3.8, 4) is 0 Å². The quantitative estimate of drug-likeness (QED) is 0.598. The molecule has 1 amide bonds. The van der Waals surface area contributed by atoms with Gasteiger partial charge in [-0.1, -0.05) is 11.3 Å². The molecule has 0 aliphatic heterocycles. The van der Waals surface area contributed by atoms with Crippen molar-refractivity contribution < 1.29 is 14.6 Å². The number of anilines is 2. The standard InChI is InChI=1S/C10H18N4O3S/c1-14(4-5-15)9(16)7-8(11)13-10(18-7)12-3-6-17-2/h15H,3-6,11H2,1-2H3,(H,12,13). The molecule has 7 nitrogen and oxygen atoms in total. The zero-order chi connectivity index (χ0) is 13.5. The smallest absolute Gasteiger partial charge is 0.267 e. The fourth-order valence-electron chi connectivity index (χ4n) is 1.25. The Kier molecular flexibility index (Phi) is 5.83. The summed E-state index contributed by atoms with van der Waals surface area (Å²) in [5.74, 6) is -0.0338. The maximum atomic E-state index is 12.0. The number of nitrogens with zero attached hydrogens (tertiary/aromatic N) is 2. The Bertz CT molecular complexity index is 396. The topological polar surface area (TPSA) is 101 Å². The molecule has 0 aliphatic rings. The first-order valence-electron chi connectivity index (χ1n) is 5.45. The van der Waals surface area contributed by atoms with E-state index in [1.54, 1.807) is 14.2 Å². The lowest BCUT2D eigenvalue weighted by Crippen LogP contribution is -2.29. The summed E-state index contributed by atoms with van der Waals surface area (Å²) in [6.45, 7) is 1.33. The van der Waals surface area contributed by atoms with E-state index in [0.717, 1.165) is 0 Å². The number of rotatable bonds is 7. The number of methoxy groups -OCH3 is 1. The average Bonchev–Trinajstić information content (AvgIpc) is 2.70. The molecular weight excluding hydrogens is 256 g/mol. The number of carbonyl (C=O) groups excluding carboxylic acids is 1. The Hall–Kier alpha value is -1.38. The number of nitrogens with two attached hydrogens (primary N) is 1. The summed E-state index contributed by atoms with van der Waals surface area (Å²) in [5.41, 5.74) is 5.70. The van der Waals surface area contributed by atoms with Gasteiger partial charge in [-0.05, 0) is 0 Å². The Morgan fingerprint density at radius 2 is 2.39 bits per heavy atom. The third-order valence-electron chi connectivity index (χ3n) is 2.21. The molecule has 1 heterocycles. The second-order valence-electron chi connectivity index (χ2n) is 3.60. The van der Waals surface area contributed by atoms with Crippen molar-refractivity contribution in [3.63, 3.8) is 0 Å². The number of hydrogen-bond acceptors (Lipinski definition) is 7. The van der Waals surface area contributed by atoms with Crippen LogP contribution in [0.1, 0.15) is 9.67 Å². The number of nitrogen functional groups attached to an aromatic ring is 1. The predicted molar refractivity (Wildman–Crippen MR) is 70.9 cm³/mol. The van der Waals surface area contributed by atoms with E-state index < -0.39 is 0 Å². The molecule has 8 heteroatoms. The lowest BCUT2D eigenvalue weighted by atomic mass is 10.4. The summed E-state index contributed by atoms with van der Waals surface area (Å²) in [4.78, 5) is 17.8. The first-order chi connectivity index (χ1) is 8.60. The highest BCUT2D eigenvalue weighted by Gasteiger charge is 2.19. The van der Waals surface area contributed by atoms with E-state index >= 15 is 0 Å². The van der Waals surface area contributed by atoms with Crippen LogP contribution in [0.3, 0.4) is 0 Å². The average molecular weight is 274 g/mol. The van der Waals surface area contributed by atoms with Crippen molar-refractivity contribution in [2.45, 2.75) is 0 Å². The molecule has 0 radical (unpaired) electrons. The number of aliphatic hydroxyl groups is 1. The molecule has 0 saturated heterocycles. The fourth-order valence-corrected chi connectivity index (χ4v) is 2.15. The molecule has 4 N–H and O–H groups in total. The van der Waals surface area contributed by atoms with Gasteiger partial charge in [0.2, 0.25) is 0 Å². The first kappa shape index (κ1) is 14.7. The van der Waals surface area contributed by atoms with E-state index in [0.29, 0.717) is 23.2 Å². The molecule has 0 unspecified atom stereocenters. The zero-order valence-electron chi connectivity index (χ0n) is 10.5. The second-order valence-corrected chi connectivity index (χ2v) is 4.60. The van der Waals surface area contributed by atoms with Crippen molar-refractivity contribution >= 4 is 28.2 Å². The molecule has 0 saturated carbocycles. The van der Waals surface area contributed by atoms with Gasteiger partial charge in [-0.2, -0.15) is 0 Å². The lowest BCUT2D eigenvalue weighted by molar-refractivity contribution is 0.0772. The molecular formula is C10H18N4O3S. The summed E-state index contributed by atoms with van der Waals surface area (Å²) in [5, 5.41) is 12.4. The van der Waals surface area contributed by atoms with Gasteiger partial charge < -0.3 is 25.8 Å². The van der Waals surface area contributed by atoms with Crippen LogP contribution in [0, 0.1) is 0 Å². The SMILES string of the molecule is COCCNc1nc(N)c(C(=O)N(C)CCO)s1. The van der Waals surface area contributed by atoms with Crippen LogP contribution in [0.5, 0.6) is 0 Å². The molecule has 0 atom stereocenters. The zero-order valence-corrected chi connectivity index (χ0v) is 11.3. The van der Waals surface area contributed by atoms with Gasteiger partial charge in [0.25, 0.3) is 5.91 Å². The van der Waals surface area contributed by atoms with Crippen molar-refractivity contribution in [2.24, 2.45) is 0 Å². The number of aliphatic hydroxyl groups excluding tert-OH is 1. The predicted octanol–water partition coefficient (Wildman–Crippen LogP) is -0.152. The summed E-state index contributed by atoms with van der Waals surface area (Å²) < 4.78 is 4.90. The van der Waals surface area contributed by atoms with Crippen LogP contribution < -0.4 is 11.1 Å². The Morgan fingerprint density at radius 1 is 1.67 bits per heavy atom. The van der Waals surface area contributed by atoms with Gasteiger partial charge in [-0.25, -0.2) is 4.98 Å². The van der Waals surface area contributed by atoms with Gasteiger partial charge in [0, 0.05) is 27.2 Å². The summed E-state index contributed by atoms with van der Waals surface area (Å²) in [6, 6.07) is 0. The van der Waals surface area contributed by atoms with Gasteiger partial charge in [-0.3, -0.25) is 4.79 Å². The molecule has 0 spiro atoms. The third-order valence-corrected chi connectivity index (χ3v) is 3.23. The molecule has 0 aliphatic carbocycles. The minimum Gasteiger partial charge on any atom is -0.395 e. The van der Waals surface area contributed by atoms with Gasteiger partial charge in [0.1, 0.15) is 10.7 Å². The second kappa shape index (κ2) is 7.14. The molecule has 1 aromatic heterocycles. The number of aromatic nitrogens is 1. The van der Waals surface area contributed by atoms with Crippen LogP contribution in [-0.2, 0) is 4.74 Å². The first-order valence-corrected chi connectivity index (χ1v) is 6.27. The summed E-state index contributed by atoms with van der Waals surface area (Å²) in [7, 11) is 3.21. The number of thiazole rings is 1. The monoisotopic (exact) mass is 274 g/mol. The highest BCUT2D eigenvalue weighted by molar-refractivity contribution is 7.18. The van der Waals surface area contributed by atoms with E-state index in [1.165, 1.54) is 16.2 Å². The number of likely N-dealkylation sites (N-methyl/N-ethyl adjacent to an activating group) is 1. The molecule has 0 fully saturated rings. The van der Waals surface area contributed by atoms with Crippen molar-refractivity contribution in [1.82, 2.24) is 9.88 Å². The Balaban J connectivity index is 2.68. The van der Waals surface area contributed by atoms with Gasteiger partial charge in [0.15, 0.2) is 5.13 Å². The highest BCUT2D eigenvalue weighted by atomic mass is 32.1.